The van der Waals surface area contributed by atoms with E-state index in [0.29, 0.717) is 0 Å². The zero-order valence-corrected chi connectivity index (χ0v) is 9.62. The average Bonchev–Trinajstić information content (AvgIpc) is 3.05. The quantitative estimate of drug-likeness (QED) is 0.880. The molecule has 0 bridgehead atoms. The van der Waals surface area contributed by atoms with E-state index >= 15 is 0 Å². The van der Waals surface area contributed by atoms with Crippen LogP contribution in [0.2, 0.25) is 0 Å². The van der Waals surface area contributed by atoms with Gasteiger partial charge in [-0.3, -0.25) is 4.98 Å². The fourth-order valence-electron chi connectivity index (χ4n) is 2.09. The van der Waals surface area contributed by atoms with E-state index in [9.17, 15) is 4.39 Å². The number of rotatable bonds is 3. The predicted molar refractivity (Wildman–Crippen MR) is 66.2 cm³/mol. The van der Waals surface area contributed by atoms with Gasteiger partial charge in [-0.15, -0.1) is 0 Å². The third-order valence-electron chi connectivity index (χ3n) is 3.50. The molecule has 0 amide bonds. The minimum atomic E-state index is -0.214. The van der Waals surface area contributed by atoms with Crippen LogP contribution in [0.3, 0.4) is 0 Å². The van der Waals surface area contributed by atoms with E-state index in [4.69, 9.17) is 5.73 Å². The highest BCUT2D eigenvalue weighted by atomic mass is 19.1. The summed E-state index contributed by atoms with van der Waals surface area (Å²) >= 11 is 0. The Morgan fingerprint density at radius 1 is 1.29 bits per heavy atom. The second-order valence-electron chi connectivity index (χ2n) is 5.04. The third-order valence-corrected chi connectivity index (χ3v) is 3.50. The van der Waals surface area contributed by atoms with Gasteiger partial charge >= 0.3 is 0 Å². The minimum absolute atomic E-state index is 0.0664. The van der Waals surface area contributed by atoms with Gasteiger partial charge in [0.25, 0.3) is 0 Å². The summed E-state index contributed by atoms with van der Waals surface area (Å²) in [6.07, 6.45) is 6.04. The largest absolute Gasteiger partial charge is 0.325 e. The number of aromatic nitrogens is 1. The number of halogens is 1. The average molecular weight is 230 g/mol. The highest BCUT2D eigenvalue weighted by molar-refractivity contribution is 5.78. The molecule has 3 heteroatoms. The summed E-state index contributed by atoms with van der Waals surface area (Å²) in [6.45, 7) is 0. The van der Waals surface area contributed by atoms with Crippen molar-refractivity contribution < 1.29 is 4.39 Å². The van der Waals surface area contributed by atoms with Crippen LogP contribution in [0.15, 0.2) is 30.5 Å². The molecular weight excluding hydrogens is 215 g/mol. The molecule has 1 aromatic heterocycles. The molecule has 1 heterocycles. The van der Waals surface area contributed by atoms with Gasteiger partial charge in [-0.2, -0.15) is 0 Å². The van der Waals surface area contributed by atoms with Crippen molar-refractivity contribution in [2.24, 2.45) is 5.73 Å². The van der Waals surface area contributed by atoms with Crippen LogP contribution < -0.4 is 5.73 Å². The Morgan fingerprint density at radius 3 is 2.88 bits per heavy atom. The van der Waals surface area contributed by atoms with Gasteiger partial charge in [0.1, 0.15) is 5.82 Å². The smallest absolute Gasteiger partial charge is 0.123 e. The Balaban J connectivity index is 1.85. The number of nitrogens with two attached hydrogens (primary N) is 1. The third kappa shape index (κ3) is 2.29. The van der Waals surface area contributed by atoms with Gasteiger partial charge in [0.05, 0.1) is 5.52 Å². The summed E-state index contributed by atoms with van der Waals surface area (Å²) in [4.78, 5) is 4.34. The van der Waals surface area contributed by atoms with Gasteiger partial charge in [-0.25, -0.2) is 4.39 Å². The van der Waals surface area contributed by atoms with Gasteiger partial charge in [0, 0.05) is 17.1 Å². The van der Waals surface area contributed by atoms with Gasteiger partial charge in [0.2, 0.25) is 0 Å². The van der Waals surface area contributed by atoms with Crippen LogP contribution in [0, 0.1) is 5.82 Å². The number of benzene rings is 1. The molecule has 1 aromatic carbocycles. The first-order valence-electron chi connectivity index (χ1n) is 5.98. The zero-order chi connectivity index (χ0) is 11.9. The maximum absolute atomic E-state index is 13.1. The van der Waals surface area contributed by atoms with Crippen LogP contribution in [0.25, 0.3) is 10.9 Å². The molecule has 1 aliphatic carbocycles. The molecule has 1 aliphatic rings. The summed E-state index contributed by atoms with van der Waals surface area (Å²) in [7, 11) is 0. The van der Waals surface area contributed by atoms with Crippen molar-refractivity contribution in [3.63, 3.8) is 0 Å². The fraction of sp³-hybridized carbons (Fsp3) is 0.357. The van der Waals surface area contributed by atoms with Gasteiger partial charge in [0.15, 0.2) is 0 Å². The second-order valence-corrected chi connectivity index (χ2v) is 5.04. The molecule has 2 aromatic rings. The summed E-state index contributed by atoms with van der Waals surface area (Å²) in [5.41, 5.74) is 8.09. The molecule has 2 N–H and O–H groups in total. The number of aryl methyl sites for hydroxylation is 1. The van der Waals surface area contributed by atoms with Crippen molar-refractivity contribution in [2.45, 2.75) is 31.2 Å². The van der Waals surface area contributed by atoms with Crippen molar-refractivity contribution >= 4 is 10.9 Å². The van der Waals surface area contributed by atoms with E-state index in [2.05, 4.69) is 4.98 Å². The molecule has 2 nitrogen and oxygen atoms in total. The lowest BCUT2D eigenvalue weighted by Crippen LogP contribution is -2.22. The summed E-state index contributed by atoms with van der Waals surface area (Å²) < 4.78 is 13.1. The minimum Gasteiger partial charge on any atom is -0.325 e. The summed E-state index contributed by atoms with van der Waals surface area (Å²) in [6, 6.07) is 6.69. The standard InChI is InChI=1S/C14H15FN2/c15-12-1-2-13-11(8-12)7-10(9-17-13)3-4-14(16)5-6-14/h1-2,7-9H,3-6,16H2. The Hall–Kier alpha value is -1.48. The SMILES string of the molecule is NC1(CCc2cnc3ccc(F)cc3c2)CC1. The van der Waals surface area contributed by atoms with E-state index in [1.807, 2.05) is 12.3 Å². The highest BCUT2D eigenvalue weighted by Crippen LogP contribution is 2.36. The molecule has 17 heavy (non-hydrogen) atoms. The van der Waals surface area contributed by atoms with E-state index in [0.717, 1.165) is 42.1 Å². The normalized spacial score (nSPS) is 17.3. The lowest BCUT2D eigenvalue weighted by Gasteiger charge is -2.08. The fourth-order valence-corrected chi connectivity index (χ4v) is 2.09. The number of hydrogen-bond acceptors (Lipinski definition) is 2. The Morgan fingerprint density at radius 2 is 2.12 bits per heavy atom. The van der Waals surface area contributed by atoms with Crippen LogP contribution in [0.1, 0.15) is 24.8 Å². The molecule has 3 rings (SSSR count). The first-order chi connectivity index (χ1) is 8.15. The highest BCUT2D eigenvalue weighted by Gasteiger charge is 2.37. The van der Waals surface area contributed by atoms with Crippen molar-refractivity contribution in [3.8, 4) is 0 Å². The molecule has 0 radical (unpaired) electrons. The Kier molecular flexibility index (Phi) is 2.37. The molecule has 0 unspecified atom stereocenters. The molecule has 1 fully saturated rings. The summed E-state index contributed by atoms with van der Waals surface area (Å²) in [5.74, 6) is -0.214. The number of hydrogen-bond donors (Lipinski definition) is 1. The number of nitrogens with zero attached hydrogens (tertiary/aromatic N) is 1. The lowest BCUT2D eigenvalue weighted by atomic mass is 10.0. The van der Waals surface area contributed by atoms with Crippen LogP contribution in [-0.4, -0.2) is 10.5 Å². The lowest BCUT2D eigenvalue weighted by molar-refractivity contribution is 0.608. The van der Waals surface area contributed by atoms with Crippen molar-refractivity contribution in [1.82, 2.24) is 4.98 Å². The molecule has 1 saturated carbocycles. The van der Waals surface area contributed by atoms with Gasteiger partial charge in [-0.05, 0) is 55.5 Å². The maximum atomic E-state index is 13.1. The van der Waals surface area contributed by atoms with E-state index in [-0.39, 0.29) is 11.4 Å². The van der Waals surface area contributed by atoms with Crippen LogP contribution in [-0.2, 0) is 6.42 Å². The van der Waals surface area contributed by atoms with Crippen LogP contribution >= 0.6 is 0 Å². The number of pyridine rings is 1. The number of fused-ring (bicyclic) bond motifs is 1. The van der Waals surface area contributed by atoms with Crippen LogP contribution in [0.5, 0.6) is 0 Å². The van der Waals surface area contributed by atoms with Crippen molar-refractivity contribution in [2.75, 3.05) is 0 Å². The first kappa shape index (κ1) is 10.7. The monoisotopic (exact) mass is 230 g/mol. The molecule has 0 spiro atoms. The van der Waals surface area contributed by atoms with Crippen molar-refractivity contribution in [3.05, 3.63) is 41.8 Å². The molecule has 0 atom stereocenters. The summed E-state index contributed by atoms with van der Waals surface area (Å²) in [5, 5.41) is 0.865. The Labute approximate surface area is 99.7 Å². The first-order valence-corrected chi connectivity index (χ1v) is 5.98. The van der Waals surface area contributed by atoms with Gasteiger partial charge < -0.3 is 5.73 Å². The van der Waals surface area contributed by atoms with Gasteiger partial charge in [-0.1, -0.05) is 0 Å². The van der Waals surface area contributed by atoms with E-state index in [1.54, 1.807) is 6.07 Å². The molecule has 0 aliphatic heterocycles. The second kappa shape index (κ2) is 3.77. The van der Waals surface area contributed by atoms with Crippen molar-refractivity contribution in [1.29, 1.82) is 0 Å². The van der Waals surface area contributed by atoms with E-state index in [1.165, 1.54) is 12.1 Å². The molecular formula is C14H15FN2. The maximum Gasteiger partial charge on any atom is 0.123 e. The van der Waals surface area contributed by atoms with E-state index < -0.39 is 0 Å². The molecule has 0 saturated heterocycles. The Bertz CT molecular complexity index is 561. The molecule has 88 valence electrons. The zero-order valence-electron chi connectivity index (χ0n) is 9.62. The topological polar surface area (TPSA) is 38.9 Å². The van der Waals surface area contributed by atoms with Crippen LogP contribution in [0.4, 0.5) is 4.39 Å². The predicted octanol–water partition coefficient (Wildman–Crippen LogP) is 2.80.